The topological polar surface area (TPSA) is 24.1 Å². The molecule has 1 aliphatic rings. The highest BCUT2D eigenvalue weighted by atomic mass is 15.0. The number of nitrogens with one attached hydrogen (secondary N) is 2. The van der Waals surface area contributed by atoms with Crippen LogP contribution in [0.4, 0.5) is 11.4 Å². The SMILES string of the molecule is Cc1cc(C)c(N[C@@H]2CCCC[C@H]2Nc2c(C)cc(C)cc2C)c(C)c1. The predicted octanol–water partition coefficient (Wildman–Crippen LogP) is 6.37. The standard InChI is InChI=1S/C24H34N2/c1-15-11-17(3)23(18(4)12-15)25-21-9-7-8-10-22(21)26-24-19(5)13-16(2)14-20(24)6/h11-14,21-22,25-26H,7-10H2,1-6H3/t21-,22-/m1/s1. The van der Waals surface area contributed by atoms with E-state index in [1.165, 1.54) is 70.4 Å². The van der Waals surface area contributed by atoms with Gasteiger partial charge in [0.25, 0.3) is 0 Å². The van der Waals surface area contributed by atoms with Gasteiger partial charge in [-0.1, -0.05) is 48.2 Å². The third-order valence-electron chi connectivity index (χ3n) is 5.78. The van der Waals surface area contributed by atoms with E-state index >= 15 is 0 Å². The van der Waals surface area contributed by atoms with Crippen molar-refractivity contribution in [2.75, 3.05) is 10.6 Å². The highest BCUT2D eigenvalue weighted by Gasteiger charge is 2.26. The third kappa shape index (κ3) is 4.06. The largest absolute Gasteiger partial charge is 0.380 e. The lowest BCUT2D eigenvalue weighted by Gasteiger charge is -2.36. The van der Waals surface area contributed by atoms with E-state index in [4.69, 9.17) is 0 Å². The smallest absolute Gasteiger partial charge is 0.0462 e. The molecule has 0 amide bonds. The fraction of sp³-hybridized carbons (Fsp3) is 0.500. The van der Waals surface area contributed by atoms with E-state index in [1.54, 1.807) is 0 Å². The molecule has 2 heteroatoms. The van der Waals surface area contributed by atoms with Crippen LogP contribution < -0.4 is 10.6 Å². The van der Waals surface area contributed by atoms with Crippen LogP contribution in [0, 0.1) is 41.5 Å². The van der Waals surface area contributed by atoms with Gasteiger partial charge >= 0.3 is 0 Å². The van der Waals surface area contributed by atoms with Crippen molar-refractivity contribution in [2.24, 2.45) is 0 Å². The Morgan fingerprint density at radius 3 is 1.19 bits per heavy atom. The Hall–Kier alpha value is -1.96. The molecule has 0 bridgehead atoms. The van der Waals surface area contributed by atoms with Crippen LogP contribution in [0.1, 0.15) is 59.1 Å². The molecule has 0 aliphatic heterocycles. The van der Waals surface area contributed by atoms with Gasteiger partial charge in [0.05, 0.1) is 0 Å². The number of rotatable bonds is 4. The first-order chi connectivity index (χ1) is 12.3. The van der Waals surface area contributed by atoms with E-state index in [9.17, 15) is 0 Å². The number of hydrogen-bond acceptors (Lipinski definition) is 2. The van der Waals surface area contributed by atoms with Crippen molar-refractivity contribution in [1.29, 1.82) is 0 Å². The van der Waals surface area contributed by atoms with Crippen molar-refractivity contribution in [3.63, 3.8) is 0 Å². The molecule has 2 aromatic rings. The lowest BCUT2D eigenvalue weighted by molar-refractivity contribution is 0.423. The average molecular weight is 351 g/mol. The van der Waals surface area contributed by atoms with Crippen LogP contribution in [0.25, 0.3) is 0 Å². The van der Waals surface area contributed by atoms with Crippen LogP contribution in [0.3, 0.4) is 0 Å². The second-order valence-electron chi connectivity index (χ2n) is 8.33. The second-order valence-corrected chi connectivity index (χ2v) is 8.33. The number of anilines is 2. The summed E-state index contributed by atoms with van der Waals surface area (Å²) in [4.78, 5) is 0. The Balaban J connectivity index is 1.83. The van der Waals surface area contributed by atoms with Crippen LogP contribution in [-0.2, 0) is 0 Å². The Labute approximate surface area is 159 Å². The van der Waals surface area contributed by atoms with Crippen molar-refractivity contribution in [2.45, 2.75) is 79.3 Å². The van der Waals surface area contributed by atoms with E-state index in [0.717, 1.165) is 0 Å². The maximum absolute atomic E-state index is 3.90. The van der Waals surface area contributed by atoms with E-state index < -0.39 is 0 Å². The molecule has 2 nitrogen and oxygen atoms in total. The highest BCUT2D eigenvalue weighted by Crippen LogP contribution is 2.31. The molecule has 0 aromatic heterocycles. The summed E-state index contributed by atoms with van der Waals surface area (Å²) in [6, 6.07) is 10.1. The van der Waals surface area contributed by atoms with Gasteiger partial charge in [-0.25, -0.2) is 0 Å². The predicted molar refractivity (Wildman–Crippen MR) is 115 cm³/mol. The van der Waals surface area contributed by atoms with Crippen molar-refractivity contribution < 1.29 is 0 Å². The summed E-state index contributed by atoms with van der Waals surface area (Å²) in [5.74, 6) is 0. The van der Waals surface area contributed by atoms with E-state index in [-0.39, 0.29) is 0 Å². The summed E-state index contributed by atoms with van der Waals surface area (Å²) in [5.41, 5.74) is 10.8. The molecule has 0 spiro atoms. The van der Waals surface area contributed by atoms with Gasteiger partial charge in [0.2, 0.25) is 0 Å². The fourth-order valence-electron chi connectivity index (χ4n) is 4.66. The molecule has 0 saturated heterocycles. The molecule has 2 atom stereocenters. The van der Waals surface area contributed by atoms with Gasteiger partial charge in [-0.15, -0.1) is 0 Å². The molecule has 0 unspecified atom stereocenters. The average Bonchev–Trinajstić information content (AvgIpc) is 2.55. The summed E-state index contributed by atoms with van der Waals surface area (Å²) in [5, 5.41) is 7.81. The minimum absolute atomic E-state index is 0.476. The summed E-state index contributed by atoms with van der Waals surface area (Å²) >= 11 is 0. The molecule has 26 heavy (non-hydrogen) atoms. The molecule has 1 aliphatic carbocycles. The van der Waals surface area contributed by atoms with Crippen molar-refractivity contribution in [3.8, 4) is 0 Å². The number of aryl methyl sites for hydroxylation is 6. The second kappa shape index (κ2) is 7.73. The van der Waals surface area contributed by atoms with Crippen LogP contribution in [-0.4, -0.2) is 12.1 Å². The minimum Gasteiger partial charge on any atom is -0.380 e. The lowest BCUT2D eigenvalue weighted by Crippen LogP contribution is -2.42. The van der Waals surface area contributed by atoms with Gasteiger partial charge in [0.15, 0.2) is 0 Å². The van der Waals surface area contributed by atoms with Crippen LogP contribution in [0.2, 0.25) is 0 Å². The van der Waals surface area contributed by atoms with Crippen LogP contribution in [0.5, 0.6) is 0 Å². The van der Waals surface area contributed by atoms with Gasteiger partial charge < -0.3 is 10.6 Å². The molecule has 0 radical (unpaired) electrons. The minimum atomic E-state index is 0.476. The molecule has 3 rings (SSSR count). The summed E-state index contributed by atoms with van der Waals surface area (Å²) < 4.78 is 0. The number of benzene rings is 2. The molecule has 2 N–H and O–H groups in total. The first-order valence-corrected chi connectivity index (χ1v) is 10.0. The maximum atomic E-state index is 3.90. The quantitative estimate of drug-likeness (QED) is 0.669. The van der Waals surface area contributed by atoms with E-state index in [2.05, 4.69) is 76.4 Å². The Kier molecular flexibility index (Phi) is 5.60. The van der Waals surface area contributed by atoms with Gasteiger partial charge in [0, 0.05) is 23.5 Å². The first-order valence-electron chi connectivity index (χ1n) is 10.0. The number of hydrogen-bond donors (Lipinski definition) is 2. The zero-order chi connectivity index (χ0) is 18.8. The third-order valence-corrected chi connectivity index (χ3v) is 5.78. The summed E-state index contributed by atoms with van der Waals surface area (Å²) in [6.45, 7) is 13.3. The Morgan fingerprint density at radius 1 is 0.577 bits per heavy atom. The lowest BCUT2D eigenvalue weighted by atomic mass is 9.88. The van der Waals surface area contributed by atoms with E-state index in [0.29, 0.717) is 12.1 Å². The zero-order valence-corrected chi connectivity index (χ0v) is 17.3. The van der Waals surface area contributed by atoms with Crippen molar-refractivity contribution in [1.82, 2.24) is 0 Å². The molecule has 2 aromatic carbocycles. The van der Waals surface area contributed by atoms with E-state index in [1.807, 2.05) is 0 Å². The maximum Gasteiger partial charge on any atom is 0.0462 e. The normalized spacial score (nSPS) is 20.1. The zero-order valence-electron chi connectivity index (χ0n) is 17.3. The molecular weight excluding hydrogens is 316 g/mol. The van der Waals surface area contributed by atoms with Crippen molar-refractivity contribution in [3.05, 3.63) is 57.6 Å². The van der Waals surface area contributed by atoms with Gasteiger partial charge in [0.1, 0.15) is 0 Å². The molecule has 0 heterocycles. The first kappa shape index (κ1) is 18.8. The molecular formula is C24H34N2. The van der Waals surface area contributed by atoms with Crippen LogP contribution >= 0.6 is 0 Å². The highest BCUT2D eigenvalue weighted by molar-refractivity contribution is 5.61. The van der Waals surface area contributed by atoms with Gasteiger partial charge in [-0.05, 0) is 76.6 Å². The molecule has 1 fully saturated rings. The monoisotopic (exact) mass is 350 g/mol. The van der Waals surface area contributed by atoms with Gasteiger partial charge in [-0.3, -0.25) is 0 Å². The Bertz CT molecular complexity index is 677. The molecule has 140 valence electrons. The summed E-state index contributed by atoms with van der Waals surface area (Å²) in [6.07, 6.45) is 5.08. The van der Waals surface area contributed by atoms with Gasteiger partial charge in [-0.2, -0.15) is 0 Å². The van der Waals surface area contributed by atoms with Crippen LogP contribution in [0.15, 0.2) is 24.3 Å². The summed E-state index contributed by atoms with van der Waals surface area (Å²) in [7, 11) is 0. The molecule has 1 saturated carbocycles. The Morgan fingerprint density at radius 2 is 0.885 bits per heavy atom. The van der Waals surface area contributed by atoms with Crippen molar-refractivity contribution >= 4 is 11.4 Å². The fourth-order valence-corrected chi connectivity index (χ4v) is 4.66.